The summed E-state index contributed by atoms with van der Waals surface area (Å²) >= 11 is 0. The summed E-state index contributed by atoms with van der Waals surface area (Å²) < 4.78 is 11.0. The number of nitriles is 1. The standard InChI is InChI=1S/C13H17N3O2/c1-10(8-18-12-3-5-17-9-12)16-13-6-11(7-14)2-4-15-13/h2,4,6,10,12H,3,5,8-9H2,1H3,(H,15,16). The molecule has 1 N–H and O–H groups in total. The number of hydrogen-bond donors (Lipinski definition) is 1. The Labute approximate surface area is 107 Å². The summed E-state index contributed by atoms with van der Waals surface area (Å²) in [6.45, 7) is 4.11. The fourth-order valence-corrected chi connectivity index (χ4v) is 1.80. The minimum Gasteiger partial charge on any atom is -0.379 e. The van der Waals surface area contributed by atoms with Crippen molar-refractivity contribution in [1.82, 2.24) is 4.98 Å². The summed E-state index contributed by atoms with van der Waals surface area (Å²) in [6, 6.07) is 5.65. The Bertz CT molecular complexity index is 424. The average Bonchev–Trinajstić information content (AvgIpc) is 2.90. The number of pyridine rings is 1. The number of nitrogens with one attached hydrogen (secondary N) is 1. The second kappa shape index (κ2) is 6.34. The van der Waals surface area contributed by atoms with Crippen LogP contribution in [0.1, 0.15) is 18.9 Å². The van der Waals surface area contributed by atoms with Crippen LogP contribution in [0.3, 0.4) is 0 Å². The van der Waals surface area contributed by atoms with Gasteiger partial charge < -0.3 is 14.8 Å². The molecule has 2 rings (SSSR count). The van der Waals surface area contributed by atoms with Gasteiger partial charge in [-0.15, -0.1) is 0 Å². The summed E-state index contributed by atoms with van der Waals surface area (Å²) in [5.74, 6) is 0.702. The van der Waals surface area contributed by atoms with Crippen molar-refractivity contribution in [2.75, 3.05) is 25.1 Å². The van der Waals surface area contributed by atoms with E-state index in [-0.39, 0.29) is 12.1 Å². The predicted octanol–water partition coefficient (Wildman–Crippen LogP) is 1.56. The largest absolute Gasteiger partial charge is 0.379 e. The van der Waals surface area contributed by atoms with Crippen LogP contribution in [-0.2, 0) is 9.47 Å². The molecule has 1 aliphatic heterocycles. The van der Waals surface area contributed by atoms with E-state index in [2.05, 4.69) is 16.4 Å². The van der Waals surface area contributed by atoms with E-state index in [1.54, 1.807) is 18.3 Å². The van der Waals surface area contributed by atoms with Crippen LogP contribution in [0.15, 0.2) is 18.3 Å². The third kappa shape index (κ3) is 3.69. The number of rotatable bonds is 5. The Balaban J connectivity index is 1.79. The maximum absolute atomic E-state index is 8.80. The lowest BCUT2D eigenvalue weighted by molar-refractivity contribution is 0.0395. The molecule has 2 heterocycles. The van der Waals surface area contributed by atoms with Crippen LogP contribution >= 0.6 is 0 Å². The lowest BCUT2D eigenvalue weighted by Crippen LogP contribution is -2.26. The van der Waals surface area contributed by atoms with Crippen LogP contribution in [0.5, 0.6) is 0 Å². The Hall–Kier alpha value is -1.64. The zero-order chi connectivity index (χ0) is 12.8. The van der Waals surface area contributed by atoms with Crippen LogP contribution in [0.4, 0.5) is 5.82 Å². The van der Waals surface area contributed by atoms with Crippen LogP contribution in [0, 0.1) is 11.3 Å². The van der Waals surface area contributed by atoms with Gasteiger partial charge in [0.05, 0.1) is 31.0 Å². The summed E-state index contributed by atoms with van der Waals surface area (Å²) in [5, 5.41) is 12.0. The normalized spacial score (nSPS) is 20.3. The van der Waals surface area contributed by atoms with Gasteiger partial charge in [-0.1, -0.05) is 0 Å². The van der Waals surface area contributed by atoms with Gasteiger partial charge in [0.25, 0.3) is 0 Å². The topological polar surface area (TPSA) is 67.2 Å². The highest BCUT2D eigenvalue weighted by atomic mass is 16.5. The van der Waals surface area contributed by atoms with Gasteiger partial charge in [0.1, 0.15) is 5.82 Å². The van der Waals surface area contributed by atoms with Crippen molar-refractivity contribution in [3.05, 3.63) is 23.9 Å². The van der Waals surface area contributed by atoms with Crippen molar-refractivity contribution in [3.63, 3.8) is 0 Å². The molecule has 0 spiro atoms. The van der Waals surface area contributed by atoms with Gasteiger partial charge in [-0.3, -0.25) is 0 Å². The van der Waals surface area contributed by atoms with E-state index in [0.29, 0.717) is 24.6 Å². The zero-order valence-electron chi connectivity index (χ0n) is 10.4. The first kappa shape index (κ1) is 12.8. The van der Waals surface area contributed by atoms with Crippen molar-refractivity contribution >= 4 is 5.82 Å². The third-order valence-electron chi connectivity index (χ3n) is 2.75. The monoisotopic (exact) mass is 247 g/mol. The van der Waals surface area contributed by atoms with E-state index in [1.807, 2.05) is 6.92 Å². The average molecular weight is 247 g/mol. The van der Waals surface area contributed by atoms with Crippen molar-refractivity contribution in [2.45, 2.75) is 25.5 Å². The van der Waals surface area contributed by atoms with Crippen molar-refractivity contribution in [3.8, 4) is 6.07 Å². The molecule has 96 valence electrons. The minimum absolute atomic E-state index is 0.145. The number of aromatic nitrogens is 1. The van der Waals surface area contributed by atoms with Gasteiger partial charge in [0, 0.05) is 18.8 Å². The molecule has 1 aromatic heterocycles. The molecule has 1 saturated heterocycles. The molecule has 5 heteroatoms. The Morgan fingerprint density at radius 2 is 2.61 bits per heavy atom. The first-order valence-electron chi connectivity index (χ1n) is 6.10. The van der Waals surface area contributed by atoms with Gasteiger partial charge in [0.2, 0.25) is 0 Å². The van der Waals surface area contributed by atoms with Crippen LogP contribution < -0.4 is 5.32 Å². The van der Waals surface area contributed by atoms with Crippen LogP contribution in [0.2, 0.25) is 0 Å². The molecule has 2 atom stereocenters. The van der Waals surface area contributed by atoms with E-state index < -0.39 is 0 Å². The third-order valence-corrected chi connectivity index (χ3v) is 2.75. The van der Waals surface area contributed by atoms with Crippen molar-refractivity contribution in [1.29, 1.82) is 5.26 Å². The molecule has 0 radical (unpaired) electrons. The molecule has 5 nitrogen and oxygen atoms in total. The fourth-order valence-electron chi connectivity index (χ4n) is 1.80. The Morgan fingerprint density at radius 3 is 3.33 bits per heavy atom. The van der Waals surface area contributed by atoms with Gasteiger partial charge in [-0.25, -0.2) is 4.98 Å². The van der Waals surface area contributed by atoms with Crippen molar-refractivity contribution in [2.24, 2.45) is 0 Å². The molecule has 1 aromatic rings. The molecular formula is C13H17N3O2. The second-order valence-electron chi connectivity index (χ2n) is 4.41. The van der Waals surface area contributed by atoms with E-state index in [0.717, 1.165) is 13.0 Å². The highest BCUT2D eigenvalue weighted by molar-refractivity contribution is 5.42. The molecule has 0 saturated carbocycles. The van der Waals surface area contributed by atoms with Gasteiger partial charge in [0.15, 0.2) is 0 Å². The predicted molar refractivity (Wildman–Crippen MR) is 67.2 cm³/mol. The molecule has 0 aliphatic carbocycles. The minimum atomic E-state index is 0.145. The molecule has 1 aliphatic rings. The first-order chi connectivity index (χ1) is 8.78. The lowest BCUT2D eigenvalue weighted by Gasteiger charge is -2.17. The summed E-state index contributed by atoms with van der Waals surface area (Å²) in [5.41, 5.74) is 0.602. The van der Waals surface area contributed by atoms with Crippen LogP contribution in [0.25, 0.3) is 0 Å². The summed E-state index contributed by atoms with van der Waals surface area (Å²) in [6.07, 6.45) is 2.81. The molecule has 18 heavy (non-hydrogen) atoms. The highest BCUT2D eigenvalue weighted by Gasteiger charge is 2.17. The number of nitrogens with zero attached hydrogens (tertiary/aromatic N) is 2. The van der Waals surface area contributed by atoms with E-state index >= 15 is 0 Å². The van der Waals surface area contributed by atoms with Gasteiger partial charge >= 0.3 is 0 Å². The van der Waals surface area contributed by atoms with Crippen LogP contribution in [-0.4, -0.2) is 37.0 Å². The van der Waals surface area contributed by atoms with Crippen molar-refractivity contribution < 1.29 is 9.47 Å². The zero-order valence-corrected chi connectivity index (χ0v) is 10.4. The molecule has 1 fully saturated rings. The maximum atomic E-state index is 8.80. The van der Waals surface area contributed by atoms with E-state index in [1.165, 1.54) is 0 Å². The molecule has 0 aromatic carbocycles. The molecule has 0 bridgehead atoms. The number of hydrogen-bond acceptors (Lipinski definition) is 5. The first-order valence-corrected chi connectivity index (χ1v) is 6.10. The van der Waals surface area contributed by atoms with E-state index in [9.17, 15) is 0 Å². The maximum Gasteiger partial charge on any atom is 0.127 e. The fraction of sp³-hybridized carbons (Fsp3) is 0.538. The highest BCUT2D eigenvalue weighted by Crippen LogP contribution is 2.10. The molecule has 2 unspecified atom stereocenters. The summed E-state index contributed by atoms with van der Waals surface area (Å²) in [7, 11) is 0. The quantitative estimate of drug-likeness (QED) is 0.855. The van der Waals surface area contributed by atoms with Gasteiger partial charge in [-0.05, 0) is 25.5 Å². The van der Waals surface area contributed by atoms with Gasteiger partial charge in [-0.2, -0.15) is 5.26 Å². The molecule has 0 amide bonds. The van der Waals surface area contributed by atoms with E-state index in [4.69, 9.17) is 14.7 Å². The molecular weight excluding hydrogens is 230 g/mol. The Kier molecular flexibility index (Phi) is 4.51. The number of ether oxygens (including phenoxy) is 2. The second-order valence-corrected chi connectivity index (χ2v) is 4.41. The Morgan fingerprint density at radius 1 is 1.72 bits per heavy atom. The smallest absolute Gasteiger partial charge is 0.127 e. The number of anilines is 1. The lowest BCUT2D eigenvalue weighted by atomic mass is 10.2. The summed E-state index contributed by atoms with van der Waals surface area (Å²) in [4.78, 5) is 4.16. The SMILES string of the molecule is CC(COC1CCOC1)Nc1cc(C#N)ccn1.